The summed E-state index contributed by atoms with van der Waals surface area (Å²) < 4.78 is 0. The van der Waals surface area contributed by atoms with Crippen molar-refractivity contribution in [2.24, 2.45) is 0 Å². The van der Waals surface area contributed by atoms with Crippen molar-refractivity contribution in [1.82, 2.24) is 15.1 Å². The maximum Gasteiger partial charge on any atom is 3.00 e. The zero-order valence-corrected chi connectivity index (χ0v) is 13.6. The Bertz CT molecular complexity index is 143. The van der Waals surface area contributed by atoms with Crippen LogP contribution in [0.3, 0.4) is 0 Å². The molecule has 0 aliphatic carbocycles. The molecule has 0 aromatic heterocycles. The third kappa shape index (κ3) is 11.8. The molecule has 16 heavy (non-hydrogen) atoms. The zero-order chi connectivity index (χ0) is 8.97. The summed E-state index contributed by atoms with van der Waals surface area (Å²) in [5.74, 6) is 0. The zero-order valence-electron chi connectivity index (χ0n) is 10.0. The van der Waals surface area contributed by atoms with Crippen molar-refractivity contribution in [1.29, 1.82) is 0 Å². The Kier molecular flexibility index (Phi) is 23.3. The van der Waals surface area contributed by atoms with E-state index in [0.29, 0.717) is 6.04 Å². The second-order valence-electron chi connectivity index (χ2n) is 3.92. The Hall–Kier alpha value is 1.28. The van der Waals surface area contributed by atoms with Crippen molar-refractivity contribution in [3.05, 3.63) is 0 Å². The molecule has 1 aliphatic rings. The van der Waals surface area contributed by atoms with Crippen LogP contribution in [0, 0.1) is 0 Å². The number of likely N-dealkylation sites (N-methyl/N-ethyl adjacent to an activating group) is 2. The Morgan fingerprint density at radius 2 is 1.44 bits per heavy atom. The third-order valence-corrected chi connectivity index (χ3v) is 2.44. The second-order valence-corrected chi connectivity index (χ2v) is 3.92. The van der Waals surface area contributed by atoms with Gasteiger partial charge in [0.25, 0.3) is 0 Å². The summed E-state index contributed by atoms with van der Waals surface area (Å²) in [5.41, 5.74) is 0. The van der Waals surface area contributed by atoms with Gasteiger partial charge in [0.15, 0.2) is 0 Å². The van der Waals surface area contributed by atoms with Crippen LogP contribution in [0.15, 0.2) is 0 Å². The number of hydrogen-bond donors (Lipinski definition) is 1. The number of hydrogen-bond acceptors (Lipinski definition) is 3. The van der Waals surface area contributed by atoms with Crippen LogP contribution in [-0.2, 0) is 17.4 Å². The van der Waals surface area contributed by atoms with E-state index in [1.165, 1.54) is 13.1 Å². The van der Waals surface area contributed by atoms with E-state index in [1.807, 2.05) is 0 Å². The standard InChI is InChI=1S/C9H21N3.3ClH.Cr/c1-9-8-12(3)7-6-11(2)5-4-10-9;;;;/h9-10H,4-8H2,1-3H3;3*1H;/q;;;;+3/p-3. The van der Waals surface area contributed by atoms with Crippen molar-refractivity contribution in [2.75, 3.05) is 46.8 Å². The van der Waals surface area contributed by atoms with Crippen LogP contribution >= 0.6 is 0 Å². The van der Waals surface area contributed by atoms with Gasteiger partial charge in [-0.1, -0.05) is 0 Å². The monoisotopic (exact) mass is 328 g/mol. The van der Waals surface area contributed by atoms with Gasteiger partial charge < -0.3 is 52.3 Å². The molecule has 1 fully saturated rings. The van der Waals surface area contributed by atoms with E-state index < -0.39 is 0 Å². The first-order valence-electron chi connectivity index (χ1n) is 4.79. The van der Waals surface area contributed by atoms with Gasteiger partial charge in [0.1, 0.15) is 0 Å². The molecule has 1 N–H and O–H groups in total. The molecule has 1 atom stereocenters. The number of nitrogens with one attached hydrogen (secondary N) is 1. The minimum atomic E-state index is 0. The fourth-order valence-corrected chi connectivity index (χ4v) is 1.58. The Labute approximate surface area is 129 Å². The van der Waals surface area contributed by atoms with Gasteiger partial charge >= 0.3 is 17.4 Å². The summed E-state index contributed by atoms with van der Waals surface area (Å²) in [6.07, 6.45) is 0. The first-order valence-corrected chi connectivity index (χ1v) is 4.79. The molecule has 0 bridgehead atoms. The quantitative estimate of drug-likeness (QED) is 0.476. The molecule has 1 saturated heterocycles. The molecule has 0 amide bonds. The van der Waals surface area contributed by atoms with Crippen LogP contribution in [0.1, 0.15) is 6.92 Å². The van der Waals surface area contributed by atoms with E-state index in [1.54, 1.807) is 0 Å². The number of rotatable bonds is 0. The van der Waals surface area contributed by atoms with Gasteiger partial charge in [-0.05, 0) is 21.0 Å². The normalized spacial score (nSPS) is 23.1. The Balaban J connectivity index is -0.000000180. The van der Waals surface area contributed by atoms with E-state index in [0.717, 1.165) is 19.6 Å². The van der Waals surface area contributed by atoms with Crippen LogP contribution in [-0.4, -0.2) is 62.7 Å². The van der Waals surface area contributed by atoms with Crippen molar-refractivity contribution >= 4 is 0 Å². The topological polar surface area (TPSA) is 18.5 Å². The van der Waals surface area contributed by atoms with E-state index in [-0.39, 0.29) is 54.6 Å². The van der Waals surface area contributed by atoms with Gasteiger partial charge in [-0.2, -0.15) is 0 Å². The van der Waals surface area contributed by atoms with Crippen molar-refractivity contribution in [3.63, 3.8) is 0 Å². The molecule has 0 saturated carbocycles. The van der Waals surface area contributed by atoms with E-state index in [9.17, 15) is 0 Å². The summed E-state index contributed by atoms with van der Waals surface area (Å²) in [5, 5.41) is 3.50. The van der Waals surface area contributed by atoms with Crippen molar-refractivity contribution in [3.8, 4) is 0 Å². The maximum absolute atomic E-state index is 3.50. The van der Waals surface area contributed by atoms with Crippen LogP contribution in [0.25, 0.3) is 0 Å². The summed E-state index contributed by atoms with van der Waals surface area (Å²) in [6, 6.07) is 0.626. The number of nitrogens with zero attached hydrogens (tertiary/aromatic N) is 2. The Morgan fingerprint density at radius 1 is 0.938 bits per heavy atom. The molecule has 7 heteroatoms. The molecule has 1 unspecified atom stereocenters. The van der Waals surface area contributed by atoms with Gasteiger partial charge in [-0.15, -0.1) is 0 Å². The van der Waals surface area contributed by atoms with Gasteiger partial charge in [-0.3, -0.25) is 0 Å². The first-order chi connectivity index (χ1) is 5.68. The van der Waals surface area contributed by atoms with E-state index in [2.05, 4.69) is 36.1 Å². The predicted molar refractivity (Wildman–Crippen MR) is 52.5 cm³/mol. The molecule has 3 nitrogen and oxygen atoms in total. The third-order valence-electron chi connectivity index (χ3n) is 2.44. The molecule has 0 spiro atoms. The largest absolute Gasteiger partial charge is 3.00 e. The predicted octanol–water partition coefficient (Wildman–Crippen LogP) is -9.15. The minimum Gasteiger partial charge on any atom is -1.00 e. The molecular weight excluding hydrogens is 308 g/mol. The van der Waals surface area contributed by atoms with Crippen molar-refractivity contribution in [2.45, 2.75) is 13.0 Å². The average Bonchev–Trinajstić information content (AvgIpc) is 2.05. The average molecular weight is 330 g/mol. The molecule has 0 aromatic rings. The fraction of sp³-hybridized carbons (Fsp3) is 1.00. The summed E-state index contributed by atoms with van der Waals surface area (Å²) in [6.45, 7) is 8.06. The van der Waals surface area contributed by atoms with Gasteiger partial charge in [-0.25, -0.2) is 0 Å². The molecule has 1 heterocycles. The maximum atomic E-state index is 3.50. The molecule has 1 radical (unpaired) electrons. The second kappa shape index (κ2) is 14.3. The van der Waals surface area contributed by atoms with Crippen LogP contribution in [0.5, 0.6) is 0 Å². The van der Waals surface area contributed by atoms with Crippen LogP contribution < -0.4 is 42.5 Å². The van der Waals surface area contributed by atoms with Crippen molar-refractivity contribution < 1.29 is 54.6 Å². The molecule has 0 aromatic carbocycles. The Morgan fingerprint density at radius 3 is 2.00 bits per heavy atom. The summed E-state index contributed by atoms with van der Waals surface area (Å²) in [4.78, 5) is 4.76. The van der Waals surface area contributed by atoms with Gasteiger partial charge in [0.2, 0.25) is 0 Å². The number of halogens is 3. The molecule has 1 rings (SSSR count). The SMILES string of the molecule is CC1CN(C)CCN(C)CCN1.[Cl-].[Cl-].[Cl-].[Cr+3]. The van der Waals surface area contributed by atoms with Crippen LogP contribution in [0.4, 0.5) is 0 Å². The molecular formula is C9H21Cl3CrN3. The van der Waals surface area contributed by atoms with E-state index in [4.69, 9.17) is 0 Å². The summed E-state index contributed by atoms with van der Waals surface area (Å²) >= 11 is 0. The fourth-order valence-electron chi connectivity index (χ4n) is 1.58. The molecule has 1 aliphatic heterocycles. The van der Waals surface area contributed by atoms with Gasteiger partial charge in [0, 0.05) is 38.8 Å². The smallest absolute Gasteiger partial charge is 1.00 e. The molecule has 99 valence electrons. The minimum absolute atomic E-state index is 0. The van der Waals surface area contributed by atoms with Crippen LogP contribution in [0.2, 0.25) is 0 Å². The summed E-state index contributed by atoms with van der Waals surface area (Å²) in [7, 11) is 4.38. The van der Waals surface area contributed by atoms with E-state index >= 15 is 0 Å². The van der Waals surface area contributed by atoms with Gasteiger partial charge in [0.05, 0.1) is 0 Å². The first kappa shape index (κ1) is 26.0.